The summed E-state index contributed by atoms with van der Waals surface area (Å²) in [5, 5.41) is 8.09. The van der Waals surface area contributed by atoms with Gasteiger partial charge in [-0.3, -0.25) is 5.41 Å². The number of halogens is 1. The van der Waals surface area contributed by atoms with Crippen LogP contribution in [0, 0.1) is 5.41 Å². The molecule has 0 fully saturated rings. The van der Waals surface area contributed by atoms with Crippen LogP contribution in [0.4, 0.5) is 0 Å². The lowest BCUT2D eigenvalue weighted by Crippen LogP contribution is -2.15. The van der Waals surface area contributed by atoms with Crippen LogP contribution in [0.5, 0.6) is 5.75 Å². The van der Waals surface area contributed by atoms with E-state index >= 15 is 0 Å². The third kappa shape index (κ3) is 2.99. The molecule has 0 unspecified atom stereocenters. The number of rotatable bonds is 4. The second-order valence-electron chi connectivity index (χ2n) is 3.68. The summed E-state index contributed by atoms with van der Waals surface area (Å²) in [4.78, 5) is 4.01. The van der Waals surface area contributed by atoms with E-state index in [9.17, 15) is 0 Å². The van der Waals surface area contributed by atoms with Gasteiger partial charge in [-0.05, 0) is 29.8 Å². The third-order valence-electron chi connectivity index (χ3n) is 2.33. The van der Waals surface area contributed by atoms with E-state index in [4.69, 9.17) is 27.5 Å². The Bertz CT molecular complexity index is 554. The van der Waals surface area contributed by atoms with Crippen LogP contribution in [-0.4, -0.2) is 10.8 Å². The molecule has 18 heavy (non-hydrogen) atoms. The summed E-state index contributed by atoms with van der Waals surface area (Å²) in [6.07, 6.45) is 1.58. The Morgan fingerprint density at radius 3 is 2.67 bits per heavy atom. The summed E-state index contributed by atoms with van der Waals surface area (Å²) in [5.74, 6) is 0.390. The van der Waals surface area contributed by atoms with Gasteiger partial charge >= 0.3 is 0 Å². The first kappa shape index (κ1) is 12.4. The van der Waals surface area contributed by atoms with Crippen molar-refractivity contribution in [3.05, 3.63) is 58.9 Å². The van der Waals surface area contributed by atoms with E-state index in [1.165, 1.54) is 0 Å². The molecular weight excluding hydrogens is 250 g/mol. The molecule has 0 spiro atoms. The minimum atomic E-state index is -0.110. The van der Waals surface area contributed by atoms with Gasteiger partial charge in [0.1, 0.15) is 23.9 Å². The van der Waals surface area contributed by atoms with E-state index < -0.39 is 0 Å². The number of hydrogen-bond acceptors (Lipinski definition) is 3. The quantitative estimate of drug-likeness (QED) is 0.656. The largest absolute Gasteiger partial charge is 0.486 e. The number of amidine groups is 1. The molecule has 0 saturated carbocycles. The van der Waals surface area contributed by atoms with Crippen LogP contribution in [0.3, 0.4) is 0 Å². The summed E-state index contributed by atoms with van der Waals surface area (Å²) in [7, 11) is 0. The molecule has 0 amide bonds. The van der Waals surface area contributed by atoms with Crippen LogP contribution in [-0.2, 0) is 6.61 Å². The zero-order valence-electron chi connectivity index (χ0n) is 9.56. The fourth-order valence-corrected chi connectivity index (χ4v) is 1.58. The molecule has 0 bridgehead atoms. The number of hydrogen-bond donors (Lipinski definition) is 2. The summed E-state index contributed by atoms with van der Waals surface area (Å²) < 4.78 is 5.60. The highest BCUT2D eigenvalue weighted by Gasteiger charge is 2.07. The molecule has 0 aliphatic heterocycles. The number of nitrogen functional groups attached to an aromatic ring is 1. The zero-order valence-corrected chi connectivity index (χ0v) is 10.3. The maximum Gasteiger partial charge on any atom is 0.149 e. The average molecular weight is 262 g/mol. The minimum Gasteiger partial charge on any atom is -0.486 e. The monoisotopic (exact) mass is 261 g/mol. The Morgan fingerprint density at radius 1 is 1.28 bits per heavy atom. The lowest BCUT2D eigenvalue weighted by molar-refractivity contribution is 0.304. The van der Waals surface area contributed by atoms with Crippen LogP contribution in [0.2, 0.25) is 5.02 Å². The molecule has 1 heterocycles. The standard InChI is InChI=1S/C13H12ClN3O/c14-10-5-3-9(4-6-10)8-18-11-2-1-7-17-12(11)13(15)16/h1-7H,8H2,(H3,15,16). The molecule has 1 aromatic heterocycles. The second kappa shape index (κ2) is 5.51. The first-order valence-electron chi connectivity index (χ1n) is 5.33. The third-order valence-corrected chi connectivity index (χ3v) is 2.59. The van der Waals surface area contributed by atoms with Gasteiger partial charge in [0.25, 0.3) is 0 Å². The Morgan fingerprint density at radius 2 is 2.00 bits per heavy atom. The molecule has 0 saturated heterocycles. The number of aromatic nitrogens is 1. The molecule has 0 atom stereocenters. The maximum absolute atomic E-state index is 7.41. The van der Waals surface area contributed by atoms with E-state index in [-0.39, 0.29) is 5.84 Å². The van der Waals surface area contributed by atoms with Gasteiger partial charge in [-0.2, -0.15) is 0 Å². The number of nitrogens with one attached hydrogen (secondary N) is 1. The molecule has 92 valence electrons. The van der Waals surface area contributed by atoms with Crippen LogP contribution in [0.15, 0.2) is 42.6 Å². The van der Waals surface area contributed by atoms with Crippen molar-refractivity contribution in [2.45, 2.75) is 6.61 Å². The van der Waals surface area contributed by atoms with Crippen molar-refractivity contribution in [2.24, 2.45) is 5.73 Å². The van der Waals surface area contributed by atoms with Crippen molar-refractivity contribution >= 4 is 17.4 Å². The second-order valence-corrected chi connectivity index (χ2v) is 4.12. The normalized spacial score (nSPS) is 10.1. The molecule has 0 aliphatic carbocycles. The fraction of sp³-hybridized carbons (Fsp3) is 0.0769. The fourth-order valence-electron chi connectivity index (χ4n) is 1.45. The highest BCUT2D eigenvalue weighted by Crippen LogP contribution is 2.17. The van der Waals surface area contributed by atoms with Crippen molar-refractivity contribution in [1.29, 1.82) is 5.41 Å². The van der Waals surface area contributed by atoms with E-state index in [1.54, 1.807) is 30.5 Å². The van der Waals surface area contributed by atoms with Gasteiger partial charge in [0, 0.05) is 11.2 Å². The zero-order chi connectivity index (χ0) is 13.0. The van der Waals surface area contributed by atoms with Crippen LogP contribution < -0.4 is 10.5 Å². The average Bonchev–Trinajstić information content (AvgIpc) is 2.38. The number of pyridine rings is 1. The molecule has 1 aromatic carbocycles. The smallest absolute Gasteiger partial charge is 0.149 e. The molecule has 0 aliphatic rings. The van der Waals surface area contributed by atoms with Gasteiger partial charge in [0.2, 0.25) is 0 Å². The summed E-state index contributed by atoms with van der Waals surface area (Å²) in [6, 6.07) is 10.8. The highest BCUT2D eigenvalue weighted by atomic mass is 35.5. The molecule has 2 rings (SSSR count). The molecule has 0 radical (unpaired) electrons. The predicted octanol–water partition coefficient (Wildman–Crippen LogP) is 2.60. The molecular formula is C13H12ClN3O. The predicted molar refractivity (Wildman–Crippen MR) is 71.0 cm³/mol. The Labute approximate surface area is 110 Å². The van der Waals surface area contributed by atoms with Gasteiger partial charge in [-0.25, -0.2) is 4.98 Å². The van der Waals surface area contributed by atoms with Gasteiger partial charge in [-0.15, -0.1) is 0 Å². The van der Waals surface area contributed by atoms with E-state index in [0.29, 0.717) is 23.1 Å². The minimum absolute atomic E-state index is 0.110. The van der Waals surface area contributed by atoms with Gasteiger partial charge in [-0.1, -0.05) is 23.7 Å². The molecule has 2 aromatic rings. The number of ether oxygens (including phenoxy) is 1. The van der Waals surface area contributed by atoms with E-state index in [0.717, 1.165) is 5.56 Å². The maximum atomic E-state index is 7.41. The Hall–Kier alpha value is -2.07. The molecule has 4 nitrogen and oxygen atoms in total. The van der Waals surface area contributed by atoms with Crippen LogP contribution in [0.25, 0.3) is 0 Å². The van der Waals surface area contributed by atoms with Crippen molar-refractivity contribution in [3.63, 3.8) is 0 Å². The first-order valence-corrected chi connectivity index (χ1v) is 5.71. The van der Waals surface area contributed by atoms with E-state index in [2.05, 4.69) is 4.98 Å². The van der Waals surface area contributed by atoms with Crippen molar-refractivity contribution in [3.8, 4) is 5.75 Å². The summed E-state index contributed by atoms with van der Waals surface area (Å²) in [5.41, 5.74) is 6.76. The van der Waals surface area contributed by atoms with E-state index in [1.807, 2.05) is 12.1 Å². The SMILES string of the molecule is N=C(N)c1ncccc1OCc1ccc(Cl)cc1. The summed E-state index contributed by atoms with van der Waals surface area (Å²) in [6.45, 7) is 0.378. The van der Waals surface area contributed by atoms with Crippen molar-refractivity contribution in [2.75, 3.05) is 0 Å². The van der Waals surface area contributed by atoms with Gasteiger partial charge in [0.05, 0.1) is 0 Å². The van der Waals surface area contributed by atoms with Gasteiger partial charge in [0.15, 0.2) is 0 Å². The van der Waals surface area contributed by atoms with Crippen LogP contribution in [0.1, 0.15) is 11.3 Å². The molecule has 3 N–H and O–H groups in total. The lowest BCUT2D eigenvalue weighted by Gasteiger charge is -2.09. The van der Waals surface area contributed by atoms with Crippen LogP contribution >= 0.6 is 11.6 Å². The molecule has 5 heteroatoms. The lowest BCUT2D eigenvalue weighted by atomic mass is 10.2. The number of nitrogens with two attached hydrogens (primary N) is 1. The summed E-state index contributed by atoms with van der Waals surface area (Å²) >= 11 is 5.80. The topological polar surface area (TPSA) is 72.0 Å². The van der Waals surface area contributed by atoms with Crippen molar-refractivity contribution < 1.29 is 4.74 Å². The number of nitrogens with zero attached hydrogens (tertiary/aromatic N) is 1. The Balaban J connectivity index is 2.10. The number of benzene rings is 1. The van der Waals surface area contributed by atoms with Gasteiger partial charge < -0.3 is 10.5 Å². The highest BCUT2D eigenvalue weighted by molar-refractivity contribution is 6.30. The first-order chi connectivity index (χ1) is 8.66. The van der Waals surface area contributed by atoms with Crippen molar-refractivity contribution in [1.82, 2.24) is 4.98 Å². The Kier molecular flexibility index (Phi) is 3.79.